The Hall–Kier alpha value is -1.86. The SMILES string of the molecule is CN(C)[N+]1(C=[N+](C)C)N=Nc2c1ccc[n+]2[O-]. The molecule has 0 bridgehead atoms. The second-order valence-corrected chi connectivity index (χ2v) is 4.31. The van der Waals surface area contributed by atoms with Crippen LogP contribution in [0.1, 0.15) is 0 Å². The van der Waals surface area contributed by atoms with E-state index in [4.69, 9.17) is 0 Å². The van der Waals surface area contributed by atoms with Gasteiger partial charge in [0.1, 0.15) is 19.2 Å². The van der Waals surface area contributed by atoms with Crippen molar-refractivity contribution < 1.29 is 9.31 Å². The Morgan fingerprint density at radius 2 is 2.18 bits per heavy atom. The topological polar surface area (TPSA) is 57.9 Å². The fourth-order valence-electron chi connectivity index (χ4n) is 1.79. The molecule has 1 unspecified atom stereocenters. The van der Waals surface area contributed by atoms with E-state index in [1.54, 1.807) is 6.07 Å². The summed E-state index contributed by atoms with van der Waals surface area (Å²) in [7, 11) is 7.59. The van der Waals surface area contributed by atoms with Crippen molar-refractivity contribution in [2.75, 3.05) is 28.2 Å². The van der Waals surface area contributed by atoms with Crippen LogP contribution in [-0.2, 0) is 0 Å². The van der Waals surface area contributed by atoms with Gasteiger partial charge in [-0.3, -0.25) is 0 Å². The first-order chi connectivity index (χ1) is 7.97. The molecule has 0 aliphatic carbocycles. The van der Waals surface area contributed by atoms with Gasteiger partial charge in [0.15, 0.2) is 5.22 Å². The molecule has 0 radical (unpaired) electrons. The van der Waals surface area contributed by atoms with Crippen molar-refractivity contribution in [1.29, 1.82) is 0 Å². The van der Waals surface area contributed by atoms with Crippen LogP contribution in [0.4, 0.5) is 11.5 Å². The van der Waals surface area contributed by atoms with E-state index in [1.165, 1.54) is 6.20 Å². The minimum atomic E-state index is 0.0609. The van der Waals surface area contributed by atoms with Crippen LogP contribution in [0.3, 0.4) is 0 Å². The Morgan fingerprint density at radius 3 is 2.76 bits per heavy atom. The smallest absolute Gasteiger partial charge is 0.425 e. The highest BCUT2D eigenvalue weighted by molar-refractivity contribution is 5.74. The molecule has 7 nitrogen and oxygen atoms in total. The van der Waals surface area contributed by atoms with Crippen molar-refractivity contribution in [3.63, 3.8) is 0 Å². The van der Waals surface area contributed by atoms with Crippen molar-refractivity contribution in [3.8, 4) is 0 Å². The van der Waals surface area contributed by atoms with Gasteiger partial charge in [-0.1, -0.05) is 0 Å². The molecule has 1 aromatic heterocycles. The molecule has 1 atom stereocenters. The molecule has 0 spiro atoms. The first-order valence-corrected chi connectivity index (χ1v) is 5.22. The van der Waals surface area contributed by atoms with E-state index in [9.17, 15) is 5.21 Å². The predicted octanol–water partition coefficient (Wildman–Crippen LogP) is 0.417. The molecular weight excluding hydrogens is 220 g/mol. The molecule has 1 aromatic rings. The first kappa shape index (κ1) is 11.6. The lowest BCUT2D eigenvalue weighted by Crippen LogP contribution is -2.54. The molecule has 0 N–H and O–H groups in total. The van der Waals surface area contributed by atoms with Gasteiger partial charge in [-0.15, -0.1) is 5.01 Å². The fourth-order valence-corrected chi connectivity index (χ4v) is 1.79. The first-order valence-electron chi connectivity index (χ1n) is 5.22. The number of fused-ring (bicyclic) bond motifs is 1. The van der Waals surface area contributed by atoms with E-state index in [0.29, 0.717) is 5.82 Å². The summed E-state index contributed by atoms with van der Waals surface area (Å²) in [6.45, 7) is 0. The zero-order chi connectivity index (χ0) is 12.6. The summed E-state index contributed by atoms with van der Waals surface area (Å²) >= 11 is 0. The molecule has 2 rings (SSSR count). The lowest BCUT2D eigenvalue weighted by molar-refractivity contribution is -0.591. The standard InChI is InChI=1S/C10H16N6O/c1-13(2)8-16(14(3)4)9-6-5-7-15(17)10(9)11-12-16/h5-8H,1-4H3/q+2. The Kier molecular flexibility index (Phi) is 2.64. The highest BCUT2D eigenvalue weighted by Crippen LogP contribution is 2.37. The van der Waals surface area contributed by atoms with E-state index in [1.807, 2.05) is 50.2 Å². The second kappa shape index (κ2) is 3.86. The largest absolute Gasteiger partial charge is 0.710 e. The maximum absolute atomic E-state index is 11.6. The summed E-state index contributed by atoms with van der Waals surface area (Å²) in [6.07, 6.45) is 3.29. The Labute approximate surface area is 99.7 Å². The molecule has 17 heavy (non-hydrogen) atoms. The van der Waals surface area contributed by atoms with Crippen LogP contribution in [0.25, 0.3) is 0 Å². The molecule has 2 heterocycles. The van der Waals surface area contributed by atoms with Crippen LogP contribution in [0, 0.1) is 5.21 Å². The van der Waals surface area contributed by atoms with E-state index < -0.39 is 0 Å². The molecule has 0 aromatic carbocycles. The number of nitrogens with zero attached hydrogens (tertiary/aromatic N) is 6. The summed E-state index contributed by atoms with van der Waals surface area (Å²) in [5, 5.41) is 21.7. The third-order valence-corrected chi connectivity index (χ3v) is 2.55. The maximum Gasteiger partial charge on any atom is 0.425 e. The molecular formula is C10H16N6O+2. The Balaban J connectivity index is 2.66. The van der Waals surface area contributed by atoms with Gasteiger partial charge in [-0.25, -0.2) is 4.73 Å². The third-order valence-electron chi connectivity index (χ3n) is 2.55. The monoisotopic (exact) mass is 236 g/mol. The van der Waals surface area contributed by atoms with E-state index in [2.05, 4.69) is 10.3 Å². The van der Waals surface area contributed by atoms with Gasteiger partial charge in [-0.05, 0) is 6.07 Å². The molecule has 0 saturated carbocycles. The number of aromatic nitrogens is 1. The van der Waals surface area contributed by atoms with Crippen molar-refractivity contribution in [1.82, 2.24) is 9.71 Å². The van der Waals surface area contributed by atoms with Gasteiger partial charge in [0.25, 0.3) is 5.69 Å². The van der Waals surface area contributed by atoms with Crippen molar-refractivity contribution in [2.45, 2.75) is 0 Å². The third kappa shape index (κ3) is 1.69. The lowest BCUT2D eigenvalue weighted by Gasteiger charge is -2.22. The quantitative estimate of drug-likeness (QED) is 0.246. The second-order valence-electron chi connectivity index (χ2n) is 4.31. The maximum atomic E-state index is 11.6. The molecule has 0 amide bonds. The summed E-state index contributed by atoms with van der Waals surface area (Å²) in [6, 6.07) is 3.55. The molecule has 90 valence electrons. The molecule has 1 aliphatic rings. The summed E-state index contributed by atoms with van der Waals surface area (Å²) in [5.41, 5.74) is 0.737. The molecule has 1 aliphatic heterocycles. The van der Waals surface area contributed by atoms with Gasteiger partial charge >= 0.3 is 12.2 Å². The normalized spacial score (nSPS) is 21.7. The summed E-state index contributed by atoms with van der Waals surface area (Å²) in [5.74, 6) is 0.333. The van der Waals surface area contributed by atoms with Crippen molar-refractivity contribution >= 4 is 17.8 Å². The average molecular weight is 236 g/mol. The highest BCUT2D eigenvalue weighted by Gasteiger charge is 2.51. The number of hydrogen-bond donors (Lipinski definition) is 0. The molecule has 0 saturated heterocycles. The Morgan fingerprint density at radius 1 is 1.47 bits per heavy atom. The number of rotatable bonds is 2. The average Bonchev–Trinajstić information content (AvgIpc) is 2.59. The molecule has 7 heteroatoms. The van der Waals surface area contributed by atoms with E-state index in [-0.39, 0.29) is 4.70 Å². The van der Waals surface area contributed by atoms with Crippen LogP contribution >= 0.6 is 0 Å². The van der Waals surface area contributed by atoms with Gasteiger partial charge < -0.3 is 5.21 Å². The fraction of sp³-hybridized carbons (Fsp3) is 0.400. The zero-order valence-electron chi connectivity index (χ0n) is 10.4. The minimum absolute atomic E-state index is 0.0609. The number of hydrogen-bond acceptors (Lipinski definition) is 4. The predicted molar refractivity (Wildman–Crippen MR) is 63.6 cm³/mol. The van der Waals surface area contributed by atoms with Crippen LogP contribution in [-0.4, -0.2) is 44.1 Å². The summed E-state index contributed by atoms with van der Waals surface area (Å²) < 4.78 is 2.67. The highest BCUT2D eigenvalue weighted by atomic mass is 16.5. The Bertz CT molecular complexity index is 506. The van der Waals surface area contributed by atoms with Gasteiger partial charge in [-0.2, -0.15) is 4.58 Å². The lowest BCUT2D eigenvalue weighted by atomic mass is 10.4. The molecule has 0 fully saturated rings. The number of quaternary nitrogens is 1. The zero-order valence-corrected chi connectivity index (χ0v) is 10.4. The van der Waals surface area contributed by atoms with Crippen LogP contribution < -0.4 is 9.43 Å². The van der Waals surface area contributed by atoms with Crippen LogP contribution in [0.15, 0.2) is 28.7 Å². The van der Waals surface area contributed by atoms with Crippen LogP contribution in [0.2, 0.25) is 0 Å². The van der Waals surface area contributed by atoms with Gasteiger partial charge in [0.2, 0.25) is 0 Å². The van der Waals surface area contributed by atoms with Crippen LogP contribution in [0.5, 0.6) is 0 Å². The van der Waals surface area contributed by atoms with Crippen molar-refractivity contribution in [2.24, 2.45) is 10.3 Å². The van der Waals surface area contributed by atoms with E-state index in [0.717, 1.165) is 10.4 Å². The number of pyridine rings is 1. The van der Waals surface area contributed by atoms with E-state index >= 15 is 0 Å². The van der Waals surface area contributed by atoms with Crippen molar-refractivity contribution in [3.05, 3.63) is 23.5 Å². The summed E-state index contributed by atoms with van der Waals surface area (Å²) in [4.78, 5) is 0. The minimum Gasteiger partial charge on any atom is -0.710 e. The van der Waals surface area contributed by atoms with Gasteiger partial charge in [0.05, 0.1) is 6.20 Å². The van der Waals surface area contributed by atoms with Gasteiger partial charge in [0, 0.05) is 24.9 Å².